The van der Waals surface area contributed by atoms with E-state index in [0.29, 0.717) is 11.9 Å². The molecule has 3 unspecified atom stereocenters. The zero-order valence-corrected chi connectivity index (χ0v) is 7.03. The van der Waals surface area contributed by atoms with Crippen molar-refractivity contribution in [3.63, 3.8) is 0 Å². The minimum Gasteiger partial charge on any atom is -0.374 e. The van der Waals surface area contributed by atoms with E-state index < -0.39 is 5.76 Å². The van der Waals surface area contributed by atoms with Gasteiger partial charge in [-0.25, -0.2) is 4.79 Å². The van der Waals surface area contributed by atoms with E-state index in [9.17, 15) is 4.79 Å². The topological polar surface area (TPSA) is 68.1 Å². The lowest BCUT2D eigenvalue weighted by atomic mass is 9.89. The fourth-order valence-corrected chi connectivity index (χ4v) is 2.33. The molecule has 0 spiro atoms. The molecule has 0 amide bonds. The van der Waals surface area contributed by atoms with Crippen LogP contribution in [0.15, 0.2) is 9.32 Å². The molecule has 3 rings (SSSR count). The van der Waals surface area contributed by atoms with Crippen molar-refractivity contribution in [2.24, 2.45) is 0 Å². The molecule has 5 nitrogen and oxygen atoms in total. The Bertz CT molecular complexity index is 369. The molecule has 0 aliphatic carbocycles. The third kappa shape index (κ3) is 1.03. The summed E-state index contributed by atoms with van der Waals surface area (Å²) in [4.78, 5) is 13.3. The summed E-state index contributed by atoms with van der Waals surface area (Å²) in [5.41, 5.74) is 0. The molecule has 0 aromatic carbocycles. The fourth-order valence-electron chi connectivity index (χ4n) is 2.33. The lowest BCUT2D eigenvalue weighted by Crippen LogP contribution is -2.16. The van der Waals surface area contributed by atoms with Gasteiger partial charge in [-0.15, -0.1) is 0 Å². The van der Waals surface area contributed by atoms with Gasteiger partial charge in [-0.1, -0.05) is 5.16 Å². The van der Waals surface area contributed by atoms with Gasteiger partial charge in [0.2, 0.25) is 0 Å². The van der Waals surface area contributed by atoms with Gasteiger partial charge in [0.1, 0.15) is 0 Å². The van der Waals surface area contributed by atoms with Crippen molar-refractivity contribution in [1.29, 1.82) is 0 Å². The predicted octanol–water partition coefficient (Wildman–Crippen LogP) is 0.398. The molecule has 2 aliphatic rings. The average molecular weight is 182 g/mol. The zero-order chi connectivity index (χ0) is 8.84. The van der Waals surface area contributed by atoms with Gasteiger partial charge in [-0.3, -0.25) is 9.51 Å². The molecule has 70 valence electrons. The van der Waals surface area contributed by atoms with Crippen molar-refractivity contribution in [2.45, 2.75) is 37.4 Å². The van der Waals surface area contributed by atoms with Crippen LogP contribution in [0.1, 0.15) is 31.0 Å². The van der Waals surface area contributed by atoms with Gasteiger partial charge >= 0.3 is 5.76 Å². The minimum atomic E-state index is -0.474. The van der Waals surface area contributed by atoms with Crippen LogP contribution in [0, 0.1) is 0 Å². The van der Waals surface area contributed by atoms with Crippen molar-refractivity contribution >= 4 is 0 Å². The van der Waals surface area contributed by atoms with Gasteiger partial charge in [-0.2, -0.15) is 0 Å². The van der Waals surface area contributed by atoms with Gasteiger partial charge in [0.05, 0.1) is 12.2 Å². The van der Waals surface area contributed by atoms with Crippen LogP contribution in [-0.4, -0.2) is 22.3 Å². The van der Waals surface area contributed by atoms with Crippen molar-refractivity contribution in [3.8, 4) is 0 Å². The number of hydrogen-bond acceptors (Lipinski definition) is 4. The Balaban J connectivity index is 1.91. The molecule has 5 heteroatoms. The van der Waals surface area contributed by atoms with Gasteiger partial charge in [0.15, 0.2) is 5.82 Å². The number of fused-ring (bicyclic) bond motifs is 2. The van der Waals surface area contributed by atoms with Crippen LogP contribution in [0.4, 0.5) is 0 Å². The highest BCUT2D eigenvalue weighted by Crippen LogP contribution is 2.42. The standard InChI is InChI=1S/C8H10N2O3/c11-8-9-7(10-13-8)5-3-4-1-2-6(5)12-4/h4-6H,1-3H2,(H,9,10,11). The number of H-pyrrole nitrogens is 1. The molecule has 1 aromatic heterocycles. The van der Waals surface area contributed by atoms with E-state index in [2.05, 4.69) is 14.7 Å². The number of aromatic nitrogens is 2. The summed E-state index contributed by atoms with van der Waals surface area (Å²) in [7, 11) is 0. The SMILES string of the molecule is O=c1[nH]c(C2CC3CCC2O3)no1. The molecule has 1 N–H and O–H groups in total. The Hall–Kier alpha value is -1.10. The predicted molar refractivity (Wildman–Crippen MR) is 42.4 cm³/mol. The molecule has 13 heavy (non-hydrogen) atoms. The molecular formula is C8H10N2O3. The summed E-state index contributed by atoms with van der Waals surface area (Å²) >= 11 is 0. The Labute approximate surface area is 74.1 Å². The molecule has 3 heterocycles. The van der Waals surface area contributed by atoms with Crippen LogP contribution in [0.2, 0.25) is 0 Å². The highest BCUT2D eigenvalue weighted by Gasteiger charge is 2.43. The summed E-state index contributed by atoms with van der Waals surface area (Å²) in [6.45, 7) is 0. The highest BCUT2D eigenvalue weighted by atomic mass is 16.5. The molecule has 2 bridgehead atoms. The summed E-state index contributed by atoms with van der Waals surface area (Å²) in [6.07, 6.45) is 3.79. The quantitative estimate of drug-likeness (QED) is 0.682. The minimum absolute atomic E-state index is 0.241. The summed E-state index contributed by atoms with van der Waals surface area (Å²) in [5.74, 6) is 0.417. The molecule has 2 fully saturated rings. The lowest BCUT2D eigenvalue weighted by Gasteiger charge is -2.14. The Morgan fingerprint density at radius 1 is 1.46 bits per heavy atom. The van der Waals surface area contributed by atoms with E-state index in [0.717, 1.165) is 19.3 Å². The number of aromatic amines is 1. The van der Waals surface area contributed by atoms with Crippen LogP contribution in [0.25, 0.3) is 0 Å². The first-order chi connectivity index (χ1) is 6.33. The molecule has 2 saturated heterocycles. The van der Waals surface area contributed by atoms with Gasteiger partial charge in [0, 0.05) is 5.92 Å². The number of nitrogens with zero attached hydrogens (tertiary/aromatic N) is 1. The van der Waals surface area contributed by atoms with E-state index >= 15 is 0 Å². The number of hydrogen-bond donors (Lipinski definition) is 1. The van der Waals surface area contributed by atoms with Gasteiger partial charge in [-0.05, 0) is 19.3 Å². The van der Waals surface area contributed by atoms with E-state index in [-0.39, 0.29) is 12.0 Å². The van der Waals surface area contributed by atoms with Crippen molar-refractivity contribution in [3.05, 3.63) is 16.4 Å². The molecule has 0 saturated carbocycles. The van der Waals surface area contributed by atoms with E-state index in [1.807, 2.05) is 0 Å². The van der Waals surface area contributed by atoms with Crippen LogP contribution >= 0.6 is 0 Å². The third-order valence-corrected chi connectivity index (χ3v) is 2.91. The molecular weight excluding hydrogens is 172 g/mol. The first-order valence-electron chi connectivity index (χ1n) is 4.54. The van der Waals surface area contributed by atoms with E-state index in [1.165, 1.54) is 0 Å². The summed E-state index contributed by atoms with van der Waals surface area (Å²) in [5, 5.41) is 3.69. The van der Waals surface area contributed by atoms with Crippen LogP contribution in [0.3, 0.4) is 0 Å². The summed E-state index contributed by atoms with van der Waals surface area (Å²) in [6, 6.07) is 0. The Morgan fingerprint density at radius 2 is 2.38 bits per heavy atom. The highest BCUT2D eigenvalue weighted by molar-refractivity contribution is 5.05. The van der Waals surface area contributed by atoms with Crippen molar-refractivity contribution < 1.29 is 9.26 Å². The first kappa shape index (κ1) is 7.32. The molecule has 1 aromatic rings. The van der Waals surface area contributed by atoms with Crippen LogP contribution < -0.4 is 5.76 Å². The maximum Gasteiger partial charge on any atom is 0.438 e. The normalized spacial score (nSPS) is 37.1. The molecule has 2 aliphatic heterocycles. The van der Waals surface area contributed by atoms with Crippen molar-refractivity contribution in [2.75, 3.05) is 0 Å². The smallest absolute Gasteiger partial charge is 0.374 e. The van der Waals surface area contributed by atoms with E-state index in [4.69, 9.17) is 4.74 Å². The summed E-state index contributed by atoms with van der Waals surface area (Å²) < 4.78 is 10.1. The molecule has 3 atom stereocenters. The zero-order valence-electron chi connectivity index (χ0n) is 7.03. The maximum atomic E-state index is 10.7. The first-order valence-corrected chi connectivity index (χ1v) is 4.54. The second kappa shape index (κ2) is 2.45. The number of nitrogens with one attached hydrogen (secondary N) is 1. The second-order valence-electron chi connectivity index (χ2n) is 3.70. The van der Waals surface area contributed by atoms with Crippen molar-refractivity contribution in [1.82, 2.24) is 10.1 Å². The van der Waals surface area contributed by atoms with Gasteiger partial charge in [0.25, 0.3) is 0 Å². The monoisotopic (exact) mass is 182 g/mol. The fraction of sp³-hybridized carbons (Fsp3) is 0.750. The van der Waals surface area contributed by atoms with Gasteiger partial charge < -0.3 is 4.74 Å². The largest absolute Gasteiger partial charge is 0.438 e. The van der Waals surface area contributed by atoms with Crippen LogP contribution in [0.5, 0.6) is 0 Å². The average Bonchev–Trinajstić information content (AvgIpc) is 2.77. The Morgan fingerprint density at radius 3 is 2.92 bits per heavy atom. The van der Waals surface area contributed by atoms with E-state index in [1.54, 1.807) is 0 Å². The molecule has 0 radical (unpaired) electrons. The third-order valence-electron chi connectivity index (χ3n) is 2.91. The maximum absolute atomic E-state index is 10.7. The number of ether oxygens (including phenoxy) is 1. The second-order valence-corrected chi connectivity index (χ2v) is 3.70. The van der Waals surface area contributed by atoms with Crippen LogP contribution in [-0.2, 0) is 4.74 Å². The Kier molecular flexibility index (Phi) is 1.38. The lowest BCUT2D eigenvalue weighted by molar-refractivity contribution is 0.0996. The number of rotatable bonds is 1.